The van der Waals surface area contributed by atoms with E-state index in [0.29, 0.717) is 18.6 Å². The summed E-state index contributed by atoms with van der Waals surface area (Å²) in [5.41, 5.74) is -0.214. The second kappa shape index (κ2) is 9.21. The number of nitrogens with one attached hydrogen (secondary N) is 1. The van der Waals surface area contributed by atoms with Gasteiger partial charge in [0.05, 0.1) is 28.7 Å². The van der Waals surface area contributed by atoms with E-state index < -0.39 is 39.6 Å². The van der Waals surface area contributed by atoms with Gasteiger partial charge in [0, 0.05) is 25.3 Å². The second-order valence-corrected chi connectivity index (χ2v) is 11.8. The lowest BCUT2D eigenvalue weighted by atomic mass is 10.2. The first-order chi connectivity index (χ1) is 15.9. The summed E-state index contributed by atoms with van der Waals surface area (Å²) >= 11 is 1.46. The largest absolute Gasteiger partial charge is 0.482 e. The minimum Gasteiger partial charge on any atom is -0.482 e. The van der Waals surface area contributed by atoms with Crippen LogP contribution >= 0.6 is 11.8 Å². The van der Waals surface area contributed by atoms with Gasteiger partial charge in [-0.05, 0) is 31.5 Å². The number of carbonyl (C=O) groups is 2. The van der Waals surface area contributed by atoms with Crippen LogP contribution in [0, 0.1) is 0 Å². The van der Waals surface area contributed by atoms with E-state index in [9.17, 15) is 31.2 Å². The van der Waals surface area contributed by atoms with Crippen LogP contribution in [0.15, 0.2) is 23.1 Å². The van der Waals surface area contributed by atoms with Crippen molar-refractivity contribution in [3.63, 3.8) is 0 Å². The lowest BCUT2D eigenvalue weighted by Crippen LogP contribution is -2.48. The zero-order chi connectivity index (χ0) is 24.7. The van der Waals surface area contributed by atoms with Gasteiger partial charge >= 0.3 is 6.18 Å². The highest BCUT2D eigenvalue weighted by Crippen LogP contribution is 2.47. The van der Waals surface area contributed by atoms with Gasteiger partial charge in [-0.2, -0.15) is 17.5 Å². The van der Waals surface area contributed by atoms with Crippen LogP contribution in [0.2, 0.25) is 0 Å². The number of hydrogen-bond acceptors (Lipinski definition) is 7. The molecule has 0 spiro atoms. The van der Waals surface area contributed by atoms with Gasteiger partial charge in [0.25, 0.3) is 0 Å². The molecule has 34 heavy (non-hydrogen) atoms. The van der Waals surface area contributed by atoms with Crippen molar-refractivity contribution in [3.8, 4) is 5.75 Å². The number of morpholine rings is 1. The van der Waals surface area contributed by atoms with E-state index in [-0.39, 0.29) is 48.5 Å². The number of anilines is 1. The Labute approximate surface area is 199 Å². The number of halogens is 3. The quantitative estimate of drug-likeness (QED) is 0.609. The van der Waals surface area contributed by atoms with E-state index in [4.69, 9.17) is 9.47 Å². The number of carbonyl (C=O) groups excluding carboxylic acids is 2. The van der Waals surface area contributed by atoms with E-state index >= 15 is 0 Å². The van der Waals surface area contributed by atoms with Crippen molar-refractivity contribution in [1.29, 1.82) is 0 Å². The lowest BCUT2D eigenvalue weighted by Gasteiger charge is -2.30. The zero-order valence-electron chi connectivity index (χ0n) is 18.3. The molecular weight excluding hydrogens is 499 g/mol. The number of fused-ring (bicyclic) bond motifs is 1. The minimum absolute atomic E-state index is 0.130. The summed E-state index contributed by atoms with van der Waals surface area (Å²) in [7, 11) is -3.98. The SMILES string of the molecule is C[C@]12CCC(=O)N1[C@@H](C(=O)Nc1cc(S(=O)(=O)N3CCOCC3)ccc1OCC(F)(F)F)CS2. The number of sulfonamides is 1. The van der Waals surface area contributed by atoms with Gasteiger partial charge in [-0.25, -0.2) is 8.42 Å². The zero-order valence-corrected chi connectivity index (χ0v) is 19.9. The molecule has 1 aromatic rings. The van der Waals surface area contributed by atoms with E-state index in [1.54, 1.807) is 0 Å². The van der Waals surface area contributed by atoms with Crippen molar-refractivity contribution < 1.29 is 40.7 Å². The Bertz CT molecular complexity index is 1080. The fraction of sp³-hybridized carbons (Fsp3) is 0.600. The number of thioether (sulfide) groups is 1. The molecule has 3 fully saturated rings. The summed E-state index contributed by atoms with van der Waals surface area (Å²) in [6.07, 6.45) is -3.74. The summed E-state index contributed by atoms with van der Waals surface area (Å²) in [5.74, 6) is -0.805. The predicted octanol–water partition coefficient (Wildman–Crippen LogP) is 2.04. The summed E-state index contributed by atoms with van der Waals surface area (Å²) < 4.78 is 75.5. The van der Waals surface area contributed by atoms with Gasteiger partial charge in [0.1, 0.15) is 11.8 Å². The molecule has 0 unspecified atom stereocenters. The second-order valence-electron chi connectivity index (χ2n) is 8.33. The van der Waals surface area contributed by atoms with Crippen molar-refractivity contribution >= 4 is 39.3 Å². The van der Waals surface area contributed by atoms with Gasteiger partial charge in [0.15, 0.2) is 6.61 Å². The summed E-state index contributed by atoms with van der Waals surface area (Å²) in [6.45, 7) is 0.947. The maximum atomic E-state index is 13.1. The monoisotopic (exact) mass is 523 g/mol. The summed E-state index contributed by atoms with van der Waals surface area (Å²) in [4.78, 5) is 26.2. The lowest BCUT2D eigenvalue weighted by molar-refractivity contribution is -0.153. The van der Waals surface area contributed by atoms with Gasteiger partial charge < -0.3 is 19.7 Å². The molecule has 4 rings (SSSR count). The first kappa shape index (κ1) is 25.1. The Hall–Kier alpha value is -2.03. The molecule has 3 saturated heterocycles. The van der Waals surface area contributed by atoms with Crippen LogP contribution in [0.4, 0.5) is 18.9 Å². The number of benzene rings is 1. The highest BCUT2D eigenvalue weighted by atomic mass is 32.2. The molecule has 0 saturated carbocycles. The Morgan fingerprint density at radius 2 is 2.03 bits per heavy atom. The van der Waals surface area contributed by atoms with Crippen molar-refractivity contribution in [1.82, 2.24) is 9.21 Å². The maximum Gasteiger partial charge on any atom is 0.422 e. The fourth-order valence-corrected chi connectivity index (χ4v) is 7.09. The number of ether oxygens (including phenoxy) is 2. The highest BCUT2D eigenvalue weighted by Gasteiger charge is 2.53. The normalized spacial score (nSPS) is 25.9. The van der Waals surface area contributed by atoms with Gasteiger partial charge in [0.2, 0.25) is 21.8 Å². The molecule has 3 aliphatic heterocycles. The number of rotatable bonds is 6. The standard InChI is InChI=1S/C20H24F3N3O6S2/c1-19-5-4-17(27)26(19)15(11-33-19)18(28)24-14-10-13(2-3-16(14)32-12-20(21,22)23)34(29,30)25-6-8-31-9-7-25/h2-3,10,15H,4-9,11-12H2,1H3,(H,24,28)/t15-,19+/m1/s1. The third-order valence-electron chi connectivity index (χ3n) is 5.96. The molecule has 1 N–H and O–H groups in total. The molecule has 1 aromatic carbocycles. The van der Waals surface area contributed by atoms with Crippen molar-refractivity contribution in [2.75, 3.05) is 44.0 Å². The molecule has 188 valence electrons. The molecule has 3 heterocycles. The Morgan fingerprint density at radius 3 is 2.71 bits per heavy atom. The van der Waals surface area contributed by atoms with Crippen molar-refractivity contribution in [3.05, 3.63) is 18.2 Å². The number of amides is 2. The van der Waals surface area contributed by atoms with E-state index in [1.807, 2.05) is 6.92 Å². The molecular formula is C20H24F3N3O6S2. The smallest absolute Gasteiger partial charge is 0.422 e. The average Bonchev–Trinajstić information content (AvgIpc) is 3.28. The van der Waals surface area contributed by atoms with Crippen LogP contribution in [0.25, 0.3) is 0 Å². The van der Waals surface area contributed by atoms with Crippen LogP contribution in [0.1, 0.15) is 19.8 Å². The topological polar surface area (TPSA) is 105 Å². The average molecular weight is 524 g/mol. The molecule has 9 nitrogen and oxygen atoms in total. The van der Waals surface area contributed by atoms with E-state index in [0.717, 1.165) is 18.2 Å². The molecule has 0 radical (unpaired) electrons. The number of nitrogens with zero attached hydrogens (tertiary/aromatic N) is 2. The maximum absolute atomic E-state index is 13.1. The first-order valence-electron chi connectivity index (χ1n) is 10.6. The van der Waals surface area contributed by atoms with Crippen molar-refractivity contribution in [2.24, 2.45) is 0 Å². The molecule has 0 aliphatic carbocycles. The highest BCUT2D eigenvalue weighted by molar-refractivity contribution is 8.01. The third-order valence-corrected chi connectivity index (χ3v) is 9.36. The van der Waals surface area contributed by atoms with Gasteiger partial charge in [-0.3, -0.25) is 9.59 Å². The van der Waals surface area contributed by atoms with Crippen molar-refractivity contribution in [2.45, 2.75) is 41.7 Å². The fourth-order valence-electron chi connectivity index (χ4n) is 4.22. The number of alkyl halides is 3. The molecule has 2 amide bonds. The molecule has 14 heteroatoms. The molecule has 0 bridgehead atoms. The van der Waals surface area contributed by atoms with Gasteiger partial charge in [-0.1, -0.05) is 0 Å². The Morgan fingerprint density at radius 1 is 1.32 bits per heavy atom. The van der Waals surface area contributed by atoms with E-state index in [1.165, 1.54) is 21.0 Å². The van der Waals surface area contributed by atoms with Crippen LogP contribution in [-0.4, -0.2) is 85.2 Å². The van der Waals surface area contributed by atoms with Crippen LogP contribution in [0.3, 0.4) is 0 Å². The van der Waals surface area contributed by atoms with Crippen LogP contribution in [-0.2, 0) is 24.3 Å². The number of hydrogen-bond donors (Lipinski definition) is 1. The third kappa shape index (κ3) is 4.99. The van der Waals surface area contributed by atoms with Gasteiger partial charge in [-0.15, -0.1) is 11.8 Å². The summed E-state index contributed by atoms with van der Waals surface area (Å²) in [6, 6.07) is 2.48. The molecule has 2 atom stereocenters. The Kier molecular flexibility index (Phi) is 6.79. The minimum atomic E-state index is -4.63. The Balaban J connectivity index is 1.62. The first-order valence-corrected chi connectivity index (χ1v) is 13.0. The van der Waals surface area contributed by atoms with Crippen LogP contribution < -0.4 is 10.1 Å². The van der Waals surface area contributed by atoms with Crippen LogP contribution in [0.5, 0.6) is 5.75 Å². The summed E-state index contributed by atoms with van der Waals surface area (Å²) in [5, 5.41) is 2.51. The predicted molar refractivity (Wildman–Crippen MR) is 117 cm³/mol. The molecule has 0 aromatic heterocycles. The molecule has 3 aliphatic rings. The van der Waals surface area contributed by atoms with E-state index in [2.05, 4.69) is 5.32 Å².